The molecule has 8 nitrogen and oxygen atoms in total. The number of nitrogens with zero attached hydrogens (tertiary/aromatic N) is 3. The lowest BCUT2D eigenvalue weighted by Gasteiger charge is -2.41. The number of nitrogens with two attached hydrogens (primary N) is 1. The number of carbonyl (C=O) groups is 1. The zero-order valence-corrected chi connectivity index (χ0v) is 18.8. The predicted octanol–water partition coefficient (Wildman–Crippen LogP) is 3.55. The molecule has 0 spiro atoms. The van der Waals surface area contributed by atoms with Crippen LogP contribution in [0.1, 0.15) is 30.4 Å². The predicted molar refractivity (Wildman–Crippen MR) is 125 cm³/mol. The smallest absolute Gasteiger partial charge is 0.450 e. The van der Waals surface area contributed by atoms with E-state index in [1.165, 1.54) is 11.1 Å². The average Bonchev–Trinajstić information content (AvgIpc) is 2.79. The summed E-state index contributed by atoms with van der Waals surface area (Å²) in [6.07, 6.45) is 5.24. The number of piperidine rings is 1. The molecule has 1 fully saturated rings. The van der Waals surface area contributed by atoms with Gasteiger partial charge in [-0.2, -0.15) is 0 Å². The topological polar surface area (TPSA) is 116 Å². The Morgan fingerprint density at radius 1 is 1.19 bits per heavy atom. The van der Waals surface area contributed by atoms with E-state index >= 15 is 0 Å². The van der Waals surface area contributed by atoms with E-state index in [2.05, 4.69) is 28.1 Å². The molecule has 1 saturated heterocycles. The van der Waals surface area contributed by atoms with Gasteiger partial charge in [-0.3, -0.25) is 10.4 Å². The summed E-state index contributed by atoms with van der Waals surface area (Å²) >= 11 is 1.72. The molecule has 9 heteroatoms. The summed E-state index contributed by atoms with van der Waals surface area (Å²) in [4.78, 5) is 20.8. The van der Waals surface area contributed by atoms with E-state index in [1.54, 1.807) is 24.2 Å². The van der Waals surface area contributed by atoms with Gasteiger partial charge < -0.3 is 25.4 Å². The molecule has 2 aromatic rings. The molecule has 0 atom stereocenters. The van der Waals surface area contributed by atoms with E-state index < -0.39 is 11.8 Å². The van der Waals surface area contributed by atoms with Crippen molar-refractivity contribution in [1.82, 2.24) is 9.88 Å². The van der Waals surface area contributed by atoms with Crippen molar-refractivity contribution >= 4 is 29.6 Å². The fourth-order valence-corrected chi connectivity index (χ4v) is 5.60. The summed E-state index contributed by atoms with van der Waals surface area (Å²) in [5.74, 6) is 0.886. The second kappa shape index (κ2) is 9.68. The summed E-state index contributed by atoms with van der Waals surface area (Å²) in [6.45, 7) is 2.94. The molecule has 0 radical (unpaired) electrons. The van der Waals surface area contributed by atoms with Crippen LogP contribution in [0.4, 0.5) is 10.5 Å². The molecule has 4 rings (SSSR count). The van der Waals surface area contributed by atoms with E-state index in [4.69, 9.17) is 15.9 Å². The van der Waals surface area contributed by atoms with Crippen molar-refractivity contribution in [2.24, 2.45) is 5.73 Å². The van der Waals surface area contributed by atoms with Crippen molar-refractivity contribution in [3.05, 3.63) is 53.9 Å². The number of anilines is 1. The van der Waals surface area contributed by atoms with Gasteiger partial charge in [-0.05, 0) is 48.2 Å². The number of hydrogen-bond donors (Lipinski definition) is 3. The molecule has 3 heterocycles. The molecule has 0 amide bonds. The van der Waals surface area contributed by atoms with Crippen LogP contribution in [0.25, 0.3) is 0 Å². The van der Waals surface area contributed by atoms with Crippen molar-refractivity contribution in [3.63, 3.8) is 0 Å². The van der Waals surface area contributed by atoms with E-state index in [0.717, 1.165) is 42.4 Å². The van der Waals surface area contributed by atoms with E-state index in [9.17, 15) is 9.90 Å². The minimum Gasteiger partial charge on any atom is -0.450 e. The summed E-state index contributed by atoms with van der Waals surface area (Å²) in [5, 5.41) is 17.0. The van der Waals surface area contributed by atoms with Gasteiger partial charge in [-0.15, -0.1) is 11.8 Å². The first-order valence-electron chi connectivity index (χ1n) is 10.8. The summed E-state index contributed by atoms with van der Waals surface area (Å²) < 4.78 is 5.45. The lowest BCUT2D eigenvalue weighted by atomic mass is 9.88. The highest BCUT2D eigenvalue weighted by Gasteiger charge is 2.38. The second-order valence-electron chi connectivity index (χ2n) is 8.33. The SMILES string of the molecule is N=C(N)N1CCc2ccc(SCCC3(OC(=O)O)CCN(c4ccncc4)CC3)cc2C1. The Kier molecular flexibility index (Phi) is 6.74. The van der Waals surface area contributed by atoms with Crippen LogP contribution in [0.5, 0.6) is 0 Å². The van der Waals surface area contributed by atoms with Gasteiger partial charge in [0.05, 0.1) is 0 Å². The Morgan fingerprint density at radius 3 is 2.62 bits per heavy atom. The van der Waals surface area contributed by atoms with Gasteiger partial charge in [-0.25, -0.2) is 4.79 Å². The van der Waals surface area contributed by atoms with Gasteiger partial charge in [0.25, 0.3) is 0 Å². The summed E-state index contributed by atoms with van der Waals surface area (Å²) in [5.41, 5.74) is 8.63. The first kappa shape index (κ1) is 22.3. The van der Waals surface area contributed by atoms with Crippen LogP contribution >= 0.6 is 11.8 Å². The molecule has 0 unspecified atom stereocenters. The maximum Gasteiger partial charge on any atom is 0.506 e. The Hall–Kier alpha value is -2.94. The number of nitrogens with one attached hydrogen (secondary N) is 1. The average molecular weight is 456 g/mol. The highest BCUT2D eigenvalue weighted by Crippen LogP contribution is 2.35. The van der Waals surface area contributed by atoms with E-state index in [-0.39, 0.29) is 5.96 Å². The third kappa shape index (κ3) is 5.27. The van der Waals surface area contributed by atoms with Crippen molar-refractivity contribution in [1.29, 1.82) is 5.41 Å². The van der Waals surface area contributed by atoms with Crippen LogP contribution in [-0.2, 0) is 17.7 Å². The first-order chi connectivity index (χ1) is 15.4. The zero-order chi connectivity index (χ0) is 22.6. The van der Waals surface area contributed by atoms with Crippen LogP contribution in [0, 0.1) is 5.41 Å². The number of guanidine groups is 1. The largest absolute Gasteiger partial charge is 0.506 e. The number of thioether (sulfide) groups is 1. The maximum atomic E-state index is 11.4. The standard InChI is InChI=1S/C23H29N5O3S/c24-21(25)28-11-5-17-1-2-20(15-18(17)16-28)32-14-8-23(31-22(29)30)6-12-27(13-7-23)19-3-9-26-10-4-19/h1-4,9-10,15H,5-8,11-14,16H2,(H3,24,25)(H,29,30). The van der Waals surface area contributed by atoms with Gasteiger partial charge >= 0.3 is 6.16 Å². The van der Waals surface area contributed by atoms with Crippen LogP contribution in [-0.4, -0.2) is 58.1 Å². The Labute approximate surface area is 192 Å². The molecule has 32 heavy (non-hydrogen) atoms. The fraction of sp³-hybridized carbons (Fsp3) is 0.435. The number of aromatic nitrogens is 1. The second-order valence-corrected chi connectivity index (χ2v) is 9.50. The summed E-state index contributed by atoms with van der Waals surface area (Å²) in [6, 6.07) is 10.4. The maximum absolute atomic E-state index is 11.4. The molecule has 4 N–H and O–H groups in total. The van der Waals surface area contributed by atoms with Crippen molar-refractivity contribution < 1.29 is 14.6 Å². The normalized spacial score (nSPS) is 17.5. The summed E-state index contributed by atoms with van der Waals surface area (Å²) in [7, 11) is 0. The molecular formula is C23H29N5O3S. The highest BCUT2D eigenvalue weighted by atomic mass is 32.2. The third-order valence-corrected chi connectivity index (χ3v) is 7.36. The Bertz CT molecular complexity index is 963. The monoisotopic (exact) mass is 455 g/mol. The molecule has 2 aliphatic rings. The Morgan fingerprint density at radius 2 is 1.94 bits per heavy atom. The van der Waals surface area contributed by atoms with Crippen molar-refractivity contribution in [2.75, 3.05) is 30.3 Å². The number of pyridine rings is 1. The molecule has 1 aromatic carbocycles. The number of hydrogen-bond acceptors (Lipinski definition) is 6. The Balaban J connectivity index is 1.36. The molecule has 2 aliphatic heterocycles. The van der Waals surface area contributed by atoms with Crippen LogP contribution in [0.3, 0.4) is 0 Å². The van der Waals surface area contributed by atoms with E-state index in [1.807, 2.05) is 17.0 Å². The van der Waals surface area contributed by atoms with Gasteiger partial charge in [0, 0.05) is 67.8 Å². The molecule has 0 bridgehead atoms. The number of rotatable bonds is 6. The van der Waals surface area contributed by atoms with Crippen LogP contribution in [0.2, 0.25) is 0 Å². The molecule has 0 aliphatic carbocycles. The molecule has 0 saturated carbocycles. The lowest BCUT2D eigenvalue weighted by molar-refractivity contribution is -0.0354. The minimum atomic E-state index is -1.20. The number of fused-ring (bicyclic) bond motifs is 1. The molecular weight excluding hydrogens is 426 g/mol. The zero-order valence-electron chi connectivity index (χ0n) is 18.0. The lowest BCUT2D eigenvalue weighted by Crippen LogP contribution is -2.47. The molecule has 170 valence electrons. The third-order valence-electron chi connectivity index (χ3n) is 6.36. The minimum absolute atomic E-state index is 0.111. The number of benzene rings is 1. The van der Waals surface area contributed by atoms with Crippen LogP contribution in [0.15, 0.2) is 47.6 Å². The van der Waals surface area contributed by atoms with Gasteiger partial charge in [0.15, 0.2) is 5.96 Å². The van der Waals surface area contributed by atoms with Gasteiger partial charge in [-0.1, -0.05) is 6.07 Å². The highest BCUT2D eigenvalue weighted by molar-refractivity contribution is 7.99. The fourth-order valence-electron chi connectivity index (χ4n) is 4.50. The number of ether oxygens (including phenoxy) is 1. The van der Waals surface area contributed by atoms with Gasteiger partial charge in [0.1, 0.15) is 5.60 Å². The van der Waals surface area contributed by atoms with Crippen molar-refractivity contribution in [2.45, 2.75) is 42.7 Å². The van der Waals surface area contributed by atoms with Crippen molar-refractivity contribution in [3.8, 4) is 0 Å². The first-order valence-corrected chi connectivity index (χ1v) is 11.8. The van der Waals surface area contributed by atoms with E-state index in [0.29, 0.717) is 25.8 Å². The van der Waals surface area contributed by atoms with Crippen LogP contribution < -0.4 is 10.6 Å². The molecule has 1 aromatic heterocycles. The quantitative estimate of drug-likeness (QED) is 0.262. The van der Waals surface area contributed by atoms with Gasteiger partial charge in [0.2, 0.25) is 0 Å². The number of carboxylic acid groups (broad SMARTS) is 1.